The van der Waals surface area contributed by atoms with Crippen LogP contribution >= 0.6 is 0 Å². The Balaban J connectivity index is -0.000000144. The molecule has 0 aromatic heterocycles. The molecular formula is C9H20N4. The van der Waals surface area contributed by atoms with Crippen LogP contribution in [0.2, 0.25) is 0 Å². The van der Waals surface area contributed by atoms with E-state index in [-0.39, 0.29) is 5.92 Å². The highest BCUT2D eigenvalue weighted by molar-refractivity contribution is 5.23. The summed E-state index contributed by atoms with van der Waals surface area (Å²) in [6.07, 6.45) is 7.49. The van der Waals surface area contributed by atoms with Crippen LogP contribution in [0, 0.1) is 17.2 Å². The lowest BCUT2D eigenvalue weighted by Gasteiger charge is -1.80. The first-order chi connectivity index (χ1) is 6.43. The number of allylic oxidation sites excluding steroid dienone is 4. The summed E-state index contributed by atoms with van der Waals surface area (Å²) in [4.78, 5) is 0. The fourth-order valence-corrected chi connectivity index (χ4v) is 0.518. The van der Waals surface area contributed by atoms with E-state index in [0.29, 0.717) is 0 Å². The molecule has 1 rings (SSSR count). The first-order valence-electron chi connectivity index (χ1n) is 3.91. The zero-order valence-corrected chi connectivity index (χ0v) is 8.57. The highest BCUT2D eigenvalue weighted by Gasteiger charge is 1.96. The molecule has 0 saturated carbocycles. The summed E-state index contributed by atoms with van der Waals surface area (Å²) in [6.45, 7) is 0. The van der Waals surface area contributed by atoms with Crippen molar-refractivity contribution in [3.63, 3.8) is 0 Å². The molecule has 0 atom stereocenters. The van der Waals surface area contributed by atoms with E-state index in [4.69, 9.17) is 5.26 Å². The smallest absolute Gasteiger partial charge is 0.0830 e. The Hall–Kier alpha value is -1.15. The molecule has 13 heavy (non-hydrogen) atoms. The number of nitrogens with zero attached hydrogens (tertiary/aromatic N) is 1. The van der Waals surface area contributed by atoms with E-state index in [1.165, 1.54) is 21.1 Å². The molecular weight excluding hydrogens is 164 g/mol. The van der Waals surface area contributed by atoms with Crippen LogP contribution in [-0.2, 0) is 0 Å². The zero-order valence-electron chi connectivity index (χ0n) is 8.57. The van der Waals surface area contributed by atoms with Crippen molar-refractivity contribution in [2.24, 2.45) is 23.1 Å². The predicted octanol–water partition coefficient (Wildman–Crippen LogP) is -0.0231. The molecule has 1 aliphatic rings. The lowest BCUT2D eigenvalue weighted by molar-refractivity contribution is 1.10. The zero-order chi connectivity index (χ0) is 11.1. The number of rotatable bonds is 0. The van der Waals surface area contributed by atoms with E-state index in [1.54, 1.807) is 0 Å². The van der Waals surface area contributed by atoms with Gasteiger partial charge in [-0.2, -0.15) is 5.26 Å². The molecule has 0 aromatic rings. The van der Waals surface area contributed by atoms with Gasteiger partial charge in [-0.25, -0.2) is 0 Å². The Bertz CT molecular complexity index is 143. The van der Waals surface area contributed by atoms with Gasteiger partial charge in [0.05, 0.1) is 12.0 Å². The summed E-state index contributed by atoms with van der Waals surface area (Å²) in [5.74, 6) is 0.0417. The van der Waals surface area contributed by atoms with Crippen molar-refractivity contribution in [2.75, 3.05) is 21.1 Å². The van der Waals surface area contributed by atoms with E-state index in [0.717, 1.165) is 0 Å². The van der Waals surface area contributed by atoms with E-state index in [2.05, 4.69) is 23.3 Å². The van der Waals surface area contributed by atoms with Gasteiger partial charge in [0.25, 0.3) is 0 Å². The third-order valence-corrected chi connectivity index (χ3v) is 0.897. The second-order valence-corrected chi connectivity index (χ2v) is 1.42. The third-order valence-electron chi connectivity index (χ3n) is 0.897. The van der Waals surface area contributed by atoms with Crippen molar-refractivity contribution in [1.82, 2.24) is 0 Å². The Morgan fingerprint density at radius 3 is 1.38 bits per heavy atom. The van der Waals surface area contributed by atoms with Crippen LogP contribution in [0.5, 0.6) is 0 Å². The van der Waals surface area contributed by atoms with Crippen LogP contribution in [-0.4, -0.2) is 21.1 Å². The van der Waals surface area contributed by atoms with E-state index in [1.807, 2.05) is 24.3 Å². The first kappa shape index (κ1) is 17.8. The number of nitrogens with two attached hydrogens (primary N) is 3. The van der Waals surface area contributed by atoms with Crippen LogP contribution < -0.4 is 17.2 Å². The third kappa shape index (κ3) is 13.8. The van der Waals surface area contributed by atoms with Crippen molar-refractivity contribution in [3.8, 4) is 6.07 Å². The van der Waals surface area contributed by atoms with Gasteiger partial charge in [0.2, 0.25) is 0 Å². The normalized spacial score (nSPS) is 10.8. The summed E-state index contributed by atoms with van der Waals surface area (Å²) in [6, 6.07) is 2.09. The van der Waals surface area contributed by atoms with Crippen molar-refractivity contribution in [2.45, 2.75) is 0 Å². The Kier molecular flexibility index (Phi) is 30.7. The van der Waals surface area contributed by atoms with Gasteiger partial charge in [0.1, 0.15) is 0 Å². The molecule has 0 heterocycles. The Labute approximate surface area is 80.7 Å². The van der Waals surface area contributed by atoms with E-state index >= 15 is 0 Å². The fourth-order valence-electron chi connectivity index (χ4n) is 0.518. The van der Waals surface area contributed by atoms with Gasteiger partial charge in [-0.05, 0) is 21.1 Å². The van der Waals surface area contributed by atoms with Crippen LogP contribution in [0.4, 0.5) is 0 Å². The standard InChI is InChI=1S/C6H5N.3CH5N/c7-5-6-3-1-2-4-6;3*1-2/h1-4,6H;3*2H2,1H3. The molecule has 0 fully saturated rings. The van der Waals surface area contributed by atoms with Gasteiger partial charge < -0.3 is 17.2 Å². The van der Waals surface area contributed by atoms with E-state index < -0.39 is 0 Å². The Morgan fingerprint density at radius 2 is 1.23 bits per heavy atom. The van der Waals surface area contributed by atoms with Gasteiger partial charge in [0.15, 0.2) is 0 Å². The van der Waals surface area contributed by atoms with Gasteiger partial charge in [-0.1, -0.05) is 24.3 Å². The molecule has 0 aromatic carbocycles. The predicted molar refractivity (Wildman–Crippen MR) is 57.7 cm³/mol. The average Bonchev–Trinajstić information content (AvgIpc) is 2.79. The van der Waals surface area contributed by atoms with Crippen LogP contribution in [0.3, 0.4) is 0 Å². The summed E-state index contributed by atoms with van der Waals surface area (Å²) in [7, 11) is 4.50. The highest BCUT2D eigenvalue weighted by Crippen LogP contribution is 2.05. The quantitative estimate of drug-likeness (QED) is 0.492. The number of hydrogen-bond donors (Lipinski definition) is 3. The largest absolute Gasteiger partial charge is 0.333 e. The lowest BCUT2D eigenvalue weighted by atomic mass is 10.2. The van der Waals surface area contributed by atoms with Crippen LogP contribution in [0.1, 0.15) is 0 Å². The molecule has 6 N–H and O–H groups in total. The van der Waals surface area contributed by atoms with Crippen molar-refractivity contribution in [3.05, 3.63) is 24.3 Å². The monoisotopic (exact) mass is 184 g/mol. The first-order valence-corrected chi connectivity index (χ1v) is 3.91. The maximum Gasteiger partial charge on any atom is 0.0830 e. The molecule has 0 aliphatic heterocycles. The van der Waals surface area contributed by atoms with Crippen molar-refractivity contribution >= 4 is 0 Å². The minimum Gasteiger partial charge on any atom is -0.333 e. The molecule has 0 amide bonds. The molecule has 0 unspecified atom stereocenters. The summed E-state index contributed by atoms with van der Waals surface area (Å²) in [5.41, 5.74) is 13.5. The van der Waals surface area contributed by atoms with Crippen LogP contribution in [0.25, 0.3) is 0 Å². The lowest BCUT2D eigenvalue weighted by Crippen LogP contribution is -1.77. The van der Waals surface area contributed by atoms with Gasteiger partial charge in [-0.3, -0.25) is 0 Å². The second-order valence-electron chi connectivity index (χ2n) is 1.42. The minimum atomic E-state index is 0.0417. The fraction of sp³-hybridized carbons (Fsp3) is 0.444. The minimum absolute atomic E-state index is 0.0417. The maximum atomic E-state index is 8.21. The molecule has 0 saturated heterocycles. The molecule has 0 spiro atoms. The summed E-state index contributed by atoms with van der Waals surface area (Å²) < 4.78 is 0. The number of nitriles is 1. The Morgan fingerprint density at radius 1 is 0.923 bits per heavy atom. The van der Waals surface area contributed by atoms with Crippen molar-refractivity contribution < 1.29 is 0 Å². The summed E-state index contributed by atoms with van der Waals surface area (Å²) in [5, 5.41) is 8.21. The summed E-state index contributed by atoms with van der Waals surface area (Å²) >= 11 is 0. The van der Waals surface area contributed by atoms with Gasteiger partial charge in [-0.15, -0.1) is 0 Å². The van der Waals surface area contributed by atoms with Crippen molar-refractivity contribution in [1.29, 1.82) is 5.26 Å². The average molecular weight is 184 g/mol. The SMILES string of the molecule is CN.CN.CN.N#CC1C=CC=C1. The highest BCUT2D eigenvalue weighted by atomic mass is 14.4. The topological polar surface area (TPSA) is 102 Å². The molecule has 4 heteroatoms. The molecule has 1 aliphatic carbocycles. The maximum absolute atomic E-state index is 8.21. The molecule has 4 nitrogen and oxygen atoms in total. The van der Waals surface area contributed by atoms with Gasteiger partial charge in [0, 0.05) is 0 Å². The van der Waals surface area contributed by atoms with Gasteiger partial charge >= 0.3 is 0 Å². The number of hydrogen-bond acceptors (Lipinski definition) is 4. The molecule has 0 radical (unpaired) electrons. The van der Waals surface area contributed by atoms with E-state index in [9.17, 15) is 0 Å². The second kappa shape index (κ2) is 22.4. The van der Waals surface area contributed by atoms with Crippen LogP contribution in [0.15, 0.2) is 24.3 Å². The molecule has 0 bridgehead atoms. The molecule has 76 valence electrons.